The summed E-state index contributed by atoms with van der Waals surface area (Å²) in [5.41, 5.74) is 3.74. The number of nitrogens with one attached hydrogen (secondary N) is 2. The van der Waals surface area contributed by atoms with Crippen LogP contribution in [0.25, 0.3) is 0 Å². The van der Waals surface area contributed by atoms with Gasteiger partial charge in [0.2, 0.25) is 5.91 Å². The van der Waals surface area contributed by atoms with Crippen molar-refractivity contribution >= 4 is 47.5 Å². The minimum Gasteiger partial charge on any atom is -0.481 e. The van der Waals surface area contributed by atoms with Gasteiger partial charge in [-0.15, -0.1) is 0 Å². The molecular formula is C55H78N2O10S. The third-order valence-electron chi connectivity index (χ3n) is 11.8. The SMILES string of the molecule is O=C(O)CCC(NC(=O)c1ccc(CNC(=O)CCSCC(COC(=O)CCCCCCCCCCCc2ccccc2)OC(=O)CCCCCCCCCCCc2ccccc2)cc1)C(=O)O. The van der Waals surface area contributed by atoms with Crippen LogP contribution in [-0.2, 0) is 52.8 Å². The van der Waals surface area contributed by atoms with Crippen molar-refractivity contribution < 1.29 is 48.5 Å². The topological polar surface area (TPSA) is 185 Å². The van der Waals surface area contributed by atoms with E-state index in [2.05, 4.69) is 71.3 Å². The summed E-state index contributed by atoms with van der Waals surface area (Å²) < 4.78 is 11.4. The standard InChI is InChI=1S/C55H78N2O10S/c58-50(56-41-46-33-35-47(36-34-46)54(63)57-49(55(64)65)37-38-51(59)60)39-40-68-43-48(67-53(62)32-24-14-10-6-2-4-8-12-18-26-45-29-21-16-22-30-45)42-66-52(61)31-23-13-9-5-1-3-7-11-17-25-44-27-19-15-20-28-44/h15-16,19-22,27-30,33-36,48-49H,1-14,17-18,23-26,31-32,37-43H2,(H,56,58)(H,57,63)(H,59,60)(H,64,65). The zero-order chi connectivity index (χ0) is 48.9. The van der Waals surface area contributed by atoms with Gasteiger partial charge in [-0.3, -0.25) is 24.0 Å². The van der Waals surface area contributed by atoms with Gasteiger partial charge < -0.3 is 30.3 Å². The molecule has 3 rings (SSSR count). The van der Waals surface area contributed by atoms with E-state index in [-0.39, 0.29) is 49.4 Å². The number of hydrogen-bond acceptors (Lipinski definition) is 9. The van der Waals surface area contributed by atoms with Crippen molar-refractivity contribution in [2.75, 3.05) is 18.1 Å². The van der Waals surface area contributed by atoms with Crippen LogP contribution in [0.1, 0.15) is 175 Å². The number of hydrogen-bond donors (Lipinski definition) is 4. The van der Waals surface area contributed by atoms with Crippen molar-refractivity contribution in [2.45, 2.75) is 179 Å². The Hall–Kier alpha value is -5.17. The monoisotopic (exact) mass is 959 g/mol. The molecule has 68 heavy (non-hydrogen) atoms. The van der Waals surface area contributed by atoms with Crippen LogP contribution >= 0.6 is 11.8 Å². The van der Waals surface area contributed by atoms with Gasteiger partial charge in [0, 0.05) is 49.3 Å². The molecule has 0 spiro atoms. The highest BCUT2D eigenvalue weighted by Crippen LogP contribution is 2.17. The number of unbranched alkanes of at least 4 members (excludes halogenated alkanes) is 16. The molecule has 0 aliphatic carbocycles. The first-order chi connectivity index (χ1) is 33.1. The van der Waals surface area contributed by atoms with Crippen LogP contribution in [0.5, 0.6) is 0 Å². The molecule has 12 nitrogen and oxygen atoms in total. The van der Waals surface area contributed by atoms with Gasteiger partial charge >= 0.3 is 23.9 Å². The number of carbonyl (C=O) groups is 6. The van der Waals surface area contributed by atoms with Crippen LogP contribution in [0.3, 0.4) is 0 Å². The Morgan fingerprint density at radius 2 is 1.01 bits per heavy atom. The third kappa shape index (κ3) is 28.9. The summed E-state index contributed by atoms with van der Waals surface area (Å²) in [6.45, 7) is 0.190. The average Bonchev–Trinajstić information content (AvgIpc) is 3.34. The van der Waals surface area contributed by atoms with Crippen molar-refractivity contribution in [3.05, 3.63) is 107 Å². The van der Waals surface area contributed by atoms with E-state index in [0.717, 1.165) is 63.4 Å². The molecule has 0 aliphatic heterocycles. The van der Waals surface area contributed by atoms with E-state index in [9.17, 15) is 33.9 Å². The maximum atomic E-state index is 12.9. The van der Waals surface area contributed by atoms with Crippen LogP contribution in [0, 0.1) is 0 Å². The lowest BCUT2D eigenvalue weighted by Gasteiger charge is -2.18. The molecule has 2 atom stereocenters. The first-order valence-electron chi connectivity index (χ1n) is 25.2. The summed E-state index contributed by atoms with van der Waals surface area (Å²) in [4.78, 5) is 73.1. The lowest BCUT2D eigenvalue weighted by Crippen LogP contribution is -2.41. The van der Waals surface area contributed by atoms with Crippen molar-refractivity contribution in [2.24, 2.45) is 0 Å². The number of aryl methyl sites for hydroxylation is 2. The number of carboxylic acids is 2. The highest BCUT2D eigenvalue weighted by atomic mass is 32.2. The van der Waals surface area contributed by atoms with Gasteiger partial charge in [-0.05, 0) is 73.8 Å². The molecule has 0 aromatic heterocycles. The van der Waals surface area contributed by atoms with E-state index in [1.165, 1.54) is 106 Å². The quantitative estimate of drug-likeness (QED) is 0.0314. The Kier molecular flexibility index (Phi) is 30.9. The highest BCUT2D eigenvalue weighted by Gasteiger charge is 2.22. The van der Waals surface area contributed by atoms with Crippen LogP contribution in [0.2, 0.25) is 0 Å². The number of amides is 2. The number of carbonyl (C=O) groups excluding carboxylic acids is 4. The van der Waals surface area contributed by atoms with E-state index in [4.69, 9.17) is 14.6 Å². The Labute approximate surface area is 409 Å². The Balaban J connectivity index is 1.31. The van der Waals surface area contributed by atoms with Gasteiger partial charge in [-0.25, -0.2) is 4.79 Å². The Bertz CT molecular complexity index is 1860. The largest absolute Gasteiger partial charge is 0.481 e. The van der Waals surface area contributed by atoms with Gasteiger partial charge in [0.15, 0.2) is 0 Å². The second-order valence-corrected chi connectivity index (χ2v) is 18.9. The lowest BCUT2D eigenvalue weighted by atomic mass is 10.0. The van der Waals surface area contributed by atoms with Gasteiger partial charge in [-0.1, -0.05) is 163 Å². The molecule has 0 aliphatic rings. The number of rotatable bonds is 40. The second-order valence-electron chi connectivity index (χ2n) is 17.7. The second kappa shape index (κ2) is 36.8. The third-order valence-corrected chi connectivity index (χ3v) is 12.9. The molecule has 0 saturated carbocycles. The molecule has 3 aromatic carbocycles. The molecule has 0 saturated heterocycles. The van der Waals surface area contributed by atoms with Crippen LogP contribution in [-0.4, -0.2) is 76.2 Å². The normalized spacial score (nSPS) is 11.9. The highest BCUT2D eigenvalue weighted by molar-refractivity contribution is 7.99. The maximum Gasteiger partial charge on any atom is 0.326 e. The van der Waals surface area contributed by atoms with Gasteiger partial charge in [0.05, 0.1) is 0 Å². The van der Waals surface area contributed by atoms with Crippen molar-refractivity contribution in [1.82, 2.24) is 10.6 Å². The first kappa shape index (κ1) is 57.1. The van der Waals surface area contributed by atoms with E-state index >= 15 is 0 Å². The van der Waals surface area contributed by atoms with Crippen LogP contribution in [0.4, 0.5) is 0 Å². The lowest BCUT2D eigenvalue weighted by molar-refractivity contribution is -0.157. The fourth-order valence-electron chi connectivity index (χ4n) is 7.79. The Morgan fingerprint density at radius 1 is 0.529 bits per heavy atom. The smallest absolute Gasteiger partial charge is 0.326 e. The first-order valence-corrected chi connectivity index (χ1v) is 26.4. The van der Waals surface area contributed by atoms with Crippen molar-refractivity contribution in [1.29, 1.82) is 0 Å². The summed E-state index contributed by atoms with van der Waals surface area (Å²) in [6.07, 6.45) is 22.2. The van der Waals surface area contributed by atoms with Gasteiger partial charge in [0.25, 0.3) is 5.91 Å². The van der Waals surface area contributed by atoms with Gasteiger partial charge in [-0.2, -0.15) is 11.8 Å². The zero-order valence-corrected chi connectivity index (χ0v) is 41.1. The molecule has 4 N–H and O–H groups in total. The van der Waals surface area contributed by atoms with E-state index < -0.39 is 36.4 Å². The maximum absolute atomic E-state index is 12.9. The van der Waals surface area contributed by atoms with Crippen LogP contribution < -0.4 is 10.6 Å². The molecular weight excluding hydrogens is 881 g/mol. The number of esters is 2. The summed E-state index contributed by atoms with van der Waals surface area (Å²) in [5.74, 6) is -3.07. The average molecular weight is 959 g/mol. The van der Waals surface area contributed by atoms with Crippen molar-refractivity contribution in [3.63, 3.8) is 0 Å². The number of benzene rings is 3. The number of thioether (sulfide) groups is 1. The fraction of sp³-hybridized carbons (Fsp3) is 0.564. The summed E-state index contributed by atoms with van der Waals surface area (Å²) in [7, 11) is 0. The number of aliphatic carboxylic acids is 2. The minimum absolute atomic E-state index is 0.0211. The molecule has 3 aromatic rings. The molecule has 0 radical (unpaired) electrons. The Morgan fingerprint density at radius 3 is 1.51 bits per heavy atom. The van der Waals surface area contributed by atoms with Crippen molar-refractivity contribution in [3.8, 4) is 0 Å². The molecule has 2 unspecified atom stereocenters. The molecule has 0 fully saturated rings. The molecule has 0 heterocycles. The van der Waals surface area contributed by atoms with Gasteiger partial charge in [0.1, 0.15) is 18.8 Å². The summed E-state index contributed by atoms with van der Waals surface area (Å²) in [5, 5.41) is 23.4. The molecule has 2 amide bonds. The van der Waals surface area contributed by atoms with Crippen LogP contribution in [0.15, 0.2) is 84.9 Å². The van der Waals surface area contributed by atoms with E-state index in [0.29, 0.717) is 24.3 Å². The summed E-state index contributed by atoms with van der Waals surface area (Å²) in [6, 6.07) is 26.2. The minimum atomic E-state index is -1.33. The predicted octanol–water partition coefficient (Wildman–Crippen LogP) is 11.2. The molecule has 374 valence electrons. The molecule has 0 bridgehead atoms. The summed E-state index contributed by atoms with van der Waals surface area (Å²) >= 11 is 1.45. The van der Waals surface area contributed by atoms with E-state index in [1.807, 2.05) is 0 Å². The zero-order valence-electron chi connectivity index (χ0n) is 40.3. The predicted molar refractivity (Wildman–Crippen MR) is 269 cm³/mol. The van der Waals surface area contributed by atoms with E-state index in [1.54, 1.807) is 12.1 Å². The number of carboxylic acid groups (broad SMARTS) is 2. The number of ether oxygens (including phenoxy) is 2. The molecule has 13 heteroatoms. The fourth-order valence-corrected chi connectivity index (χ4v) is 8.71.